The van der Waals surface area contributed by atoms with Gasteiger partial charge >= 0.3 is 0 Å². The van der Waals surface area contributed by atoms with E-state index >= 15 is 0 Å². The number of hydrogen-bond acceptors (Lipinski definition) is 4. The number of hydrogen-bond donors (Lipinski definition) is 0. The Morgan fingerprint density at radius 2 is 1.64 bits per heavy atom. The predicted molar refractivity (Wildman–Crippen MR) is 86.4 cm³/mol. The molecule has 0 radical (unpaired) electrons. The van der Waals surface area contributed by atoms with Gasteiger partial charge in [0.15, 0.2) is 5.88 Å². The van der Waals surface area contributed by atoms with Crippen molar-refractivity contribution in [2.45, 2.75) is 6.92 Å². The summed E-state index contributed by atoms with van der Waals surface area (Å²) in [6, 6.07) is 16.0. The van der Waals surface area contributed by atoms with Gasteiger partial charge in [-0.2, -0.15) is 0 Å². The molecule has 0 N–H and O–H groups in total. The molecule has 2 aromatic rings. The molecule has 2 aromatic carbocycles. The SMILES string of the molecule is CC(=C(Oc1ccc([N+](=O)[O-])cc1)N(C)C)c1ccccc1. The van der Waals surface area contributed by atoms with E-state index in [0.717, 1.165) is 11.1 Å². The summed E-state index contributed by atoms with van der Waals surface area (Å²) in [4.78, 5) is 12.1. The van der Waals surface area contributed by atoms with Gasteiger partial charge in [-0.1, -0.05) is 30.3 Å². The monoisotopic (exact) mass is 298 g/mol. The Balaban J connectivity index is 2.31. The molecule has 0 saturated carbocycles. The van der Waals surface area contributed by atoms with Gasteiger partial charge in [-0.25, -0.2) is 0 Å². The summed E-state index contributed by atoms with van der Waals surface area (Å²) >= 11 is 0. The lowest BCUT2D eigenvalue weighted by Gasteiger charge is -2.21. The standard InChI is InChI=1S/C17H18N2O3/c1-13(14-7-5-4-6-8-14)17(18(2)3)22-16-11-9-15(10-12-16)19(20)21/h4-12H,1-3H3. The fourth-order valence-corrected chi connectivity index (χ4v) is 2.06. The molecule has 0 heterocycles. The summed E-state index contributed by atoms with van der Waals surface area (Å²) in [5, 5.41) is 10.7. The van der Waals surface area contributed by atoms with E-state index in [0.29, 0.717) is 11.6 Å². The fraction of sp³-hybridized carbons (Fsp3) is 0.176. The topological polar surface area (TPSA) is 55.6 Å². The molecule has 0 saturated heterocycles. The van der Waals surface area contributed by atoms with E-state index in [2.05, 4.69) is 0 Å². The van der Waals surface area contributed by atoms with Crippen LogP contribution in [0.15, 0.2) is 60.5 Å². The van der Waals surface area contributed by atoms with Crippen LogP contribution in [-0.2, 0) is 0 Å². The molecule has 5 heteroatoms. The average Bonchev–Trinajstić information content (AvgIpc) is 2.53. The third-order valence-corrected chi connectivity index (χ3v) is 3.20. The molecular formula is C17H18N2O3. The second-order valence-electron chi connectivity index (χ2n) is 5.04. The van der Waals surface area contributed by atoms with Crippen LogP contribution in [0.4, 0.5) is 5.69 Å². The number of rotatable bonds is 5. The fourth-order valence-electron chi connectivity index (χ4n) is 2.06. The van der Waals surface area contributed by atoms with E-state index in [-0.39, 0.29) is 5.69 Å². The van der Waals surface area contributed by atoms with Crippen molar-refractivity contribution in [2.75, 3.05) is 14.1 Å². The first-order valence-corrected chi connectivity index (χ1v) is 6.85. The Kier molecular flexibility index (Phi) is 4.78. The van der Waals surface area contributed by atoms with Crippen molar-refractivity contribution < 1.29 is 9.66 Å². The van der Waals surface area contributed by atoms with Crippen LogP contribution in [0.3, 0.4) is 0 Å². The minimum atomic E-state index is -0.429. The van der Waals surface area contributed by atoms with Crippen molar-refractivity contribution in [2.24, 2.45) is 0 Å². The van der Waals surface area contributed by atoms with Gasteiger partial charge in [-0.05, 0) is 24.6 Å². The van der Waals surface area contributed by atoms with Crippen LogP contribution in [0.1, 0.15) is 12.5 Å². The van der Waals surface area contributed by atoms with E-state index in [1.165, 1.54) is 12.1 Å². The number of non-ortho nitro benzene ring substituents is 1. The number of ether oxygens (including phenoxy) is 1. The molecule has 0 unspecified atom stereocenters. The zero-order valence-electron chi connectivity index (χ0n) is 12.8. The molecule has 0 aromatic heterocycles. The zero-order chi connectivity index (χ0) is 16.1. The number of benzene rings is 2. The number of nitro groups is 1. The predicted octanol–water partition coefficient (Wildman–Crippen LogP) is 3.92. The lowest BCUT2D eigenvalue weighted by Crippen LogP contribution is -2.18. The molecule has 0 fully saturated rings. The number of allylic oxidation sites excluding steroid dienone is 1. The Bertz CT molecular complexity index is 677. The van der Waals surface area contributed by atoms with Gasteiger partial charge in [0, 0.05) is 31.8 Å². The Hall–Kier alpha value is -2.82. The molecule has 22 heavy (non-hydrogen) atoms. The molecule has 2 rings (SSSR count). The Morgan fingerprint density at radius 1 is 1.05 bits per heavy atom. The maximum Gasteiger partial charge on any atom is 0.269 e. The molecule has 0 spiro atoms. The maximum atomic E-state index is 10.7. The van der Waals surface area contributed by atoms with Gasteiger partial charge in [0.05, 0.1) is 4.92 Å². The number of nitro benzene ring substituents is 1. The van der Waals surface area contributed by atoms with Crippen LogP contribution in [0, 0.1) is 10.1 Å². The van der Waals surface area contributed by atoms with Crippen LogP contribution >= 0.6 is 0 Å². The van der Waals surface area contributed by atoms with Crippen LogP contribution in [0.2, 0.25) is 0 Å². The summed E-state index contributed by atoms with van der Waals surface area (Å²) in [5.74, 6) is 1.25. The van der Waals surface area contributed by atoms with Crippen LogP contribution in [0.5, 0.6) is 5.75 Å². The molecule has 5 nitrogen and oxygen atoms in total. The summed E-state index contributed by atoms with van der Waals surface area (Å²) in [5.41, 5.74) is 2.10. The minimum absolute atomic E-state index is 0.0440. The van der Waals surface area contributed by atoms with Crippen LogP contribution in [-0.4, -0.2) is 23.9 Å². The molecule has 114 valence electrons. The Morgan fingerprint density at radius 3 is 2.14 bits per heavy atom. The average molecular weight is 298 g/mol. The second-order valence-corrected chi connectivity index (χ2v) is 5.04. The smallest absolute Gasteiger partial charge is 0.269 e. The molecule has 0 atom stereocenters. The highest BCUT2D eigenvalue weighted by molar-refractivity contribution is 5.65. The molecule has 0 bridgehead atoms. The first-order valence-electron chi connectivity index (χ1n) is 6.85. The van der Waals surface area contributed by atoms with E-state index < -0.39 is 4.92 Å². The molecular weight excluding hydrogens is 280 g/mol. The lowest BCUT2D eigenvalue weighted by atomic mass is 10.1. The van der Waals surface area contributed by atoms with Crippen LogP contribution < -0.4 is 4.74 Å². The quantitative estimate of drug-likeness (QED) is 0.477. The Labute approximate surface area is 129 Å². The largest absolute Gasteiger partial charge is 0.441 e. The van der Waals surface area contributed by atoms with E-state index in [1.54, 1.807) is 12.1 Å². The summed E-state index contributed by atoms with van der Waals surface area (Å²) in [6.45, 7) is 1.98. The summed E-state index contributed by atoms with van der Waals surface area (Å²) in [6.07, 6.45) is 0. The first kappa shape index (κ1) is 15.6. The van der Waals surface area contributed by atoms with Gasteiger partial charge < -0.3 is 9.64 Å². The minimum Gasteiger partial charge on any atom is -0.441 e. The van der Waals surface area contributed by atoms with Crippen molar-refractivity contribution >= 4 is 11.3 Å². The zero-order valence-corrected chi connectivity index (χ0v) is 12.8. The highest BCUT2D eigenvalue weighted by Gasteiger charge is 2.11. The molecule has 0 aliphatic carbocycles. The van der Waals surface area contributed by atoms with Crippen molar-refractivity contribution in [1.29, 1.82) is 0 Å². The van der Waals surface area contributed by atoms with E-state index in [1.807, 2.05) is 56.3 Å². The number of nitrogens with zero attached hydrogens (tertiary/aromatic N) is 2. The van der Waals surface area contributed by atoms with Gasteiger partial charge in [-0.15, -0.1) is 0 Å². The van der Waals surface area contributed by atoms with E-state index in [4.69, 9.17) is 4.74 Å². The third-order valence-electron chi connectivity index (χ3n) is 3.20. The summed E-state index contributed by atoms with van der Waals surface area (Å²) < 4.78 is 5.91. The third kappa shape index (κ3) is 3.63. The van der Waals surface area contributed by atoms with Crippen molar-refractivity contribution in [3.8, 4) is 5.75 Å². The maximum absolute atomic E-state index is 10.7. The van der Waals surface area contributed by atoms with Crippen LogP contribution in [0.25, 0.3) is 5.57 Å². The first-order chi connectivity index (χ1) is 10.5. The molecule has 0 aliphatic rings. The highest BCUT2D eigenvalue weighted by Crippen LogP contribution is 2.24. The van der Waals surface area contributed by atoms with Crippen molar-refractivity contribution in [1.82, 2.24) is 4.90 Å². The molecule has 0 aliphatic heterocycles. The van der Waals surface area contributed by atoms with Gasteiger partial charge in [-0.3, -0.25) is 10.1 Å². The normalized spacial score (nSPS) is 11.6. The van der Waals surface area contributed by atoms with Gasteiger partial charge in [0.25, 0.3) is 5.69 Å². The van der Waals surface area contributed by atoms with Crippen molar-refractivity contribution in [3.05, 3.63) is 76.2 Å². The van der Waals surface area contributed by atoms with Gasteiger partial charge in [0.1, 0.15) is 5.75 Å². The second kappa shape index (κ2) is 6.76. The lowest BCUT2D eigenvalue weighted by molar-refractivity contribution is -0.384. The highest BCUT2D eigenvalue weighted by atomic mass is 16.6. The van der Waals surface area contributed by atoms with Gasteiger partial charge in [0.2, 0.25) is 0 Å². The van der Waals surface area contributed by atoms with Crippen molar-refractivity contribution in [3.63, 3.8) is 0 Å². The molecule has 0 amide bonds. The summed E-state index contributed by atoms with van der Waals surface area (Å²) in [7, 11) is 3.79. The van der Waals surface area contributed by atoms with E-state index in [9.17, 15) is 10.1 Å².